The fourth-order valence-electron chi connectivity index (χ4n) is 6.22. The topological polar surface area (TPSA) is 118 Å². The first-order valence-electron chi connectivity index (χ1n) is 17.0. The third-order valence-electron chi connectivity index (χ3n) is 8.65. The van der Waals surface area contributed by atoms with Crippen LogP contribution in [-0.4, -0.2) is 24.9 Å². The van der Waals surface area contributed by atoms with Gasteiger partial charge in [0.15, 0.2) is 0 Å². The Bertz CT molecular complexity index is 2350. The van der Waals surface area contributed by atoms with Crippen LogP contribution in [0.15, 0.2) is 46.4 Å². The number of rotatable bonds is 10. The monoisotopic (exact) mass is 788 g/mol. The molecule has 0 bridgehead atoms. The van der Waals surface area contributed by atoms with Crippen molar-refractivity contribution in [2.24, 2.45) is 9.98 Å². The summed E-state index contributed by atoms with van der Waals surface area (Å²) in [5, 5.41) is 19.7. The maximum Gasteiger partial charge on any atom is 0.350 e. The molecule has 2 aliphatic rings. The molecule has 0 radical (unpaired) electrons. The number of fused-ring (bicyclic) bond motifs is 6. The normalized spacial score (nSPS) is 14.8. The van der Waals surface area contributed by atoms with Gasteiger partial charge in [-0.1, -0.05) is 59.7 Å². The highest BCUT2D eigenvalue weighted by Gasteiger charge is 2.40. The van der Waals surface area contributed by atoms with E-state index in [-0.39, 0.29) is 11.7 Å². The Morgan fingerprint density at radius 1 is 0.667 bits per heavy atom. The van der Waals surface area contributed by atoms with E-state index in [0.717, 1.165) is 75.9 Å². The van der Waals surface area contributed by atoms with Crippen molar-refractivity contribution in [3.63, 3.8) is 0 Å². The van der Waals surface area contributed by atoms with Gasteiger partial charge in [-0.25, -0.2) is 10.5 Å². The number of benzene rings is 1. The van der Waals surface area contributed by atoms with Gasteiger partial charge in [-0.15, -0.1) is 22.7 Å². The summed E-state index contributed by atoms with van der Waals surface area (Å²) in [6, 6.07) is 15.7. The van der Waals surface area contributed by atoms with Gasteiger partial charge in [0.2, 0.25) is 10.0 Å². The molecule has 0 fully saturated rings. The van der Waals surface area contributed by atoms with Crippen LogP contribution in [0.25, 0.3) is 50.1 Å². The van der Waals surface area contributed by atoms with Crippen molar-refractivity contribution in [1.29, 1.82) is 10.5 Å². The first-order chi connectivity index (χ1) is 25.9. The van der Waals surface area contributed by atoms with E-state index < -0.39 is 11.2 Å². The van der Waals surface area contributed by atoms with Crippen LogP contribution in [0.1, 0.15) is 65.5 Å². The van der Waals surface area contributed by atoms with Crippen molar-refractivity contribution in [3.8, 4) is 75.5 Å². The summed E-state index contributed by atoms with van der Waals surface area (Å²) >= 11 is 6.07. The summed E-state index contributed by atoms with van der Waals surface area (Å²) in [7, 11) is 0. The average molecular weight is 789 g/mol. The lowest BCUT2D eigenvalue weighted by molar-refractivity contribution is 0.100. The third kappa shape index (κ3) is 6.64. The number of aliphatic imine (C=N–C) groups is 2. The largest absolute Gasteiger partial charge is 0.492 e. The van der Waals surface area contributed by atoms with Gasteiger partial charge in [-0.2, -0.15) is 0 Å². The molecule has 0 N–H and O–H groups in total. The molecule has 0 saturated carbocycles. The molecule has 5 aromatic rings. The van der Waals surface area contributed by atoms with Crippen LogP contribution in [0.3, 0.4) is 0 Å². The maximum atomic E-state index is 9.32. The average Bonchev–Trinajstić information content (AvgIpc) is 3.95. The highest BCUT2D eigenvalue weighted by Crippen LogP contribution is 2.59. The van der Waals surface area contributed by atoms with Gasteiger partial charge in [0.05, 0.1) is 23.0 Å². The zero-order valence-corrected chi connectivity index (χ0v) is 33.5. The summed E-state index contributed by atoms with van der Waals surface area (Å²) in [5.41, 5.74) is 2.64. The molecule has 54 heavy (non-hydrogen) atoms. The van der Waals surface area contributed by atoms with E-state index in [1.165, 1.54) is 22.7 Å². The summed E-state index contributed by atoms with van der Waals surface area (Å²) < 4.78 is 25.8. The van der Waals surface area contributed by atoms with E-state index in [0.29, 0.717) is 34.7 Å². The number of nitriles is 2. The Morgan fingerprint density at radius 3 is 1.43 bits per heavy atom. The van der Waals surface area contributed by atoms with Crippen LogP contribution in [0.5, 0.6) is 23.0 Å². The molecule has 0 aliphatic carbocycles. The zero-order chi connectivity index (χ0) is 38.4. The third-order valence-corrected chi connectivity index (χ3v) is 13.4. The molecule has 0 atom stereocenters. The Morgan fingerprint density at radius 2 is 1.07 bits per heavy atom. The van der Waals surface area contributed by atoms with Gasteiger partial charge in [0.1, 0.15) is 46.3 Å². The molecule has 10 nitrogen and oxygen atoms in total. The van der Waals surface area contributed by atoms with E-state index in [1.54, 1.807) is 34.8 Å². The van der Waals surface area contributed by atoms with Crippen LogP contribution in [0, 0.1) is 35.8 Å². The van der Waals surface area contributed by atoms with E-state index in [2.05, 4.69) is 71.6 Å². The van der Waals surface area contributed by atoms with Crippen molar-refractivity contribution < 1.29 is 18.9 Å². The Labute approximate surface area is 329 Å². The number of hydrogen-bond acceptors (Lipinski definition) is 12. The molecule has 0 spiro atoms. The van der Waals surface area contributed by atoms with Crippen molar-refractivity contribution in [2.75, 3.05) is 13.2 Å². The van der Waals surface area contributed by atoms with Gasteiger partial charge in [-0.05, 0) is 64.8 Å². The number of ether oxygens (including phenoxy) is 4. The van der Waals surface area contributed by atoms with Gasteiger partial charge < -0.3 is 28.6 Å². The number of nitrogens with zero attached hydrogens (tertiary/aromatic N) is 6. The van der Waals surface area contributed by atoms with E-state index in [4.69, 9.17) is 32.1 Å². The van der Waals surface area contributed by atoms with Crippen molar-refractivity contribution in [3.05, 3.63) is 70.4 Å². The highest BCUT2D eigenvalue weighted by molar-refractivity contribution is 7.26. The SMILES string of the molecule is [C-]#[N+]C(C#N)=Nc1cc(OCCC)c(-c2cc3c(s2)-c2cc4c(cc2OC3(C)C)-c2sc(-c3sc(N=C(C#N)[N+]#[C-])cc3OCCC)cc2C(C)(C)O4)s1. The van der Waals surface area contributed by atoms with E-state index in [9.17, 15) is 10.5 Å². The smallest absolute Gasteiger partial charge is 0.350 e. The molecule has 1 aromatic carbocycles. The first-order valence-corrected chi connectivity index (χ1v) is 20.3. The molecule has 0 amide bonds. The summed E-state index contributed by atoms with van der Waals surface area (Å²) in [6.07, 6.45) is 1.65. The predicted octanol–water partition coefficient (Wildman–Crippen LogP) is 12.4. The first kappa shape index (κ1) is 36.9. The minimum Gasteiger partial charge on any atom is -0.492 e. The van der Waals surface area contributed by atoms with Gasteiger partial charge in [0, 0.05) is 53.9 Å². The number of hydrogen-bond donors (Lipinski definition) is 0. The molecule has 2 aliphatic heterocycles. The number of thiophene rings is 4. The summed E-state index contributed by atoms with van der Waals surface area (Å²) in [6.45, 7) is 27.9. The number of amidine groups is 2. The molecule has 4 aromatic heterocycles. The summed E-state index contributed by atoms with van der Waals surface area (Å²) in [4.78, 5) is 20.9. The quantitative estimate of drug-likeness (QED) is 0.0790. The summed E-state index contributed by atoms with van der Waals surface area (Å²) in [5.74, 6) is 2.39. The van der Waals surface area contributed by atoms with E-state index >= 15 is 0 Å². The molecule has 14 heteroatoms. The molecule has 0 saturated heterocycles. The lowest BCUT2D eigenvalue weighted by Crippen LogP contribution is -2.30. The standard InChI is InChI=1S/C40H32N6O4S4/c1-9-11-47-27-17-33(45-31(19-41)43-7)53-37(27)29-15-23-35(51-29)21-13-26-22(14-25(21)49-39(23,3)4)36-24(40(5,6)50-26)16-30(52-36)38-28(48-12-10-2)18-34(54-38)46-32(20-42)44-8/h13-18H,9-12H2,1-6H3. The van der Waals surface area contributed by atoms with Gasteiger partial charge in [-0.3, -0.25) is 0 Å². The van der Waals surface area contributed by atoms with Crippen LogP contribution in [-0.2, 0) is 11.2 Å². The maximum absolute atomic E-state index is 9.32. The molecule has 270 valence electrons. The minimum atomic E-state index is -0.655. The van der Waals surface area contributed by atoms with Gasteiger partial charge >= 0.3 is 11.7 Å². The van der Waals surface area contributed by atoms with Crippen LogP contribution in [0.4, 0.5) is 10.0 Å². The fraction of sp³-hybridized carbons (Fsp3) is 0.300. The second kappa shape index (κ2) is 14.4. The highest BCUT2D eigenvalue weighted by atomic mass is 32.1. The second-order valence-corrected chi connectivity index (χ2v) is 17.5. The van der Waals surface area contributed by atoms with Crippen LogP contribution >= 0.6 is 45.3 Å². The van der Waals surface area contributed by atoms with Crippen molar-refractivity contribution in [2.45, 2.75) is 65.6 Å². The Hall–Kier alpha value is -5.48. The predicted molar refractivity (Wildman–Crippen MR) is 217 cm³/mol. The van der Waals surface area contributed by atoms with Crippen molar-refractivity contribution >= 4 is 67.0 Å². The van der Waals surface area contributed by atoms with Crippen molar-refractivity contribution in [1.82, 2.24) is 0 Å². The molecule has 0 unspecified atom stereocenters. The fourth-order valence-corrected chi connectivity index (χ4v) is 11.0. The Balaban J connectivity index is 1.33. The molecule has 6 heterocycles. The Kier molecular flexibility index (Phi) is 9.83. The van der Waals surface area contributed by atoms with Crippen LogP contribution < -0.4 is 18.9 Å². The minimum absolute atomic E-state index is 0.224. The molecular formula is C40H32N6O4S4. The molecular weight excluding hydrogens is 757 g/mol. The van der Waals surface area contributed by atoms with E-state index in [1.807, 2.05) is 26.0 Å². The lowest BCUT2D eigenvalue weighted by Gasteiger charge is -2.36. The van der Waals surface area contributed by atoms with Crippen LogP contribution in [0.2, 0.25) is 0 Å². The lowest BCUT2D eigenvalue weighted by atomic mass is 9.88. The van der Waals surface area contributed by atoms with Gasteiger partial charge in [0.25, 0.3) is 0 Å². The zero-order valence-electron chi connectivity index (χ0n) is 30.2. The molecule has 7 rings (SSSR count). The second-order valence-electron chi connectivity index (χ2n) is 13.3.